The summed E-state index contributed by atoms with van der Waals surface area (Å²) in [6.07, 6.45) is 2.36. The first-order chi connectivity index (χ1) is 8.00. The lowest BCUT2D eigenvalue weighted by atomic mass is 10.0. The Morgan fingerprint density at radius 3 is 2.47 bits per heavy atom. The molecule has 0 N–H and O–H groups in total. The van der Waals surface area contributed by atoms with Crippen molar-refractivity contribution in [3.05, 3.63) is 28.2 Å². The van der Waals surface area contributed by atoms with E-state index >= 15 is 0 Å². The van der Waals surface area contributed by atoms with Crippen LogP contribution in [-0.4, -0.2) is 6.61 Å². The van der Waals surface area contributed by atoms with Gasteiger partial charge in [-0.25, -0.2) is 0 Å². The molecule has 0 atom stereocenters. The van der Waals surface area contributed by atoms with Crippen molar-refractivity contribution in [3.8, 4) is 5.75 Å². The summed E-state index contributed by atoms with van der Waals surface area (Å²) in [6, 6.07) is 6.26. The lowest BCUT2D eigenvalue weighted by molar-refractivity contribution is 0.294. The first-order valence-electron chi connectivity index (χ1n) is 6.43. The third kappa shape index (κ3) is 5.12. The average molecular weight is 299 g/mol. The van der Waals surface area contributed by atoms with E-state index in [0.717, 1.165) is 29.2 Å². The Balaban J connectivity index is 2.58. The molecule has 17 heavy (non-hydrogen) atoms. The van der Waals surface area contributed by atoms with Gasteiger partial charge in [-0.05, 0) is 48.4 Å². The number of benzene rings is 1. The second-order valence-electron chi connectivity index (χ2n) is 5.22. The van der Waals surface area contributed by atoms with Crippen LogP contribution < -0.4 is 4.74 Å². The molecule has 0 fully saturated rings. The maximum Gasteiger partial charge on any atom is 0.122 e. The van der Waals surface area contributed by atoms with Crippen LogP contribution in [0.5, 0.6) is 5.75 Å². The van der Waals surface area contributed by atoms with E-state index in [4.69, 9.17) is 4.74 Å². The van der Waals surface area contributed by atoms with E-state index in [2.05, 4.69) is 55.8 Å². The molecule has 0 aromatic heterocycles. The van der Waals surface area contributed by atoms with Crippen molar-refractivity contribution >= 4 is 15.9 Å². The van der Waals surface area contributed by atoms with Crippen molar-refractivity contribution in [1.82, 2.24) is 0 Å². The van der Waals surface area contributed by atoms with Gasteiger partial charge in [0.1, 0.15) is 5.75 Å². The Bertz CT molecular complexity index is 345. The lowest BCUT2D eigenvalue weighted by Gasteiger charge is -2.14. The van der Waals surface area contributed by atoms with Crippen molar-refractivity contribution in [1.29, 1.82) is 0 Å². The van der Waals surface area contributed by atoms with Crippen LogP contribution in [0.1, 0.15) is 52.0 Å². The molecule has 0 spiro atoms. The minimum absolute atomic E-state index is 0.493. The zero-order chi connectivity index (χ0) is 12.8. The van der Waals surface area contributed by atoms with Crippen LogP contribution in [0.3, 0.4) is 0 Å². The van der Waals surface area contributed by atoms with Crippen molar-refractivity contribution in [3.63, 3.8) is 0 Å². The summed E-state index contributed by atoms with van der Waals surface area (Å²) in [5.41, 5.74) is 1.28. The molecule has 1 nitrogen and oxygen atoms in total. The van der Waals surface area contributed by atoms with E-state index in [-0.39, 0.29) is 0 Å². The van der Waals surface area contributed by atoms with Crippen molar-refractivity contribution in [2.24, 2.45) is 5.92 Å². The van der Waals surface area contributed by atoms with E-state index < -0.39 is 0 Å². The SMILES string of the molecule is CC(C)CCCOc1ccc(Br)cc1C(C)C. The topological polar surface area (TPSA) is 9.23 Å². The predicted octanol–water partition coefficient (Wildman–Crippen LogP) is 5.39. The van der Waals surface area contributed by atoms with Crippen LogP contribution >= 0.6 is 15.9 Å². The van der Waals surface area contributed by atoms with Crippen molar-refractivity contribution in [2.45, 2.75) is 46.5 Å². The summed E-state index contributed by atoms with van der Waals surface area (Å²) in [5, 5.41) is 0. The molecule has 1 aromatic rings. The molecule has 96 valence electrons. The number of halogens is 1. The highest BCUT2D eigenvalue weighted by Gasteiger charge is 2.08. The Hall–Kier alpha value is -0.500. The molecule has 0 aliphatic heterocycles. The van der Waals surface area contributed by atoms with Gasteiger partial charge in [-0.3, -0.25) is 0 Å². The molecule has 0 bridgehead atoms. The highest BCUT2D eigenvalue weighted by Crippen LogP contribution is 2.29. The quantitative estimate of drug-likeness (QED) is 0.640. The molecule has 0 amide bonds. The summed E-state index contributed by atoms with van der Waals surface area (Å²) in [4.78, 5) is 0. The van der Waals surface area contributed by atoms with Crippen LogP contribution in [0, 0.1) is 5.92 Å². The molecule has 0 heterocycles. The van der Waals surface area contributed by atoms with Crippen LogP contribution in [0.25, 0.3) is 0 Å². The van der Waals surface area contributed by atoms with Gasteiger partial charge in [0.2, 0.25) is 0 Å². The molecule has 1 aromatic carbocycles. The van der Waals surface area contributed by atoms with Crippen molar-refractivity contribution in [2.75, 3.05) is 6.61 Å². The Labute approximate surface area is 114 Å². The second kappa shape index (κ2) is 7.05. The van der Waals surface area contributed by atoms with Gasteiger partial charge in [0.25, 0.3) is 0 Å². The summed E-state index contributed by atoms with van der Waals surface area (Å²) in [6.45, 7) is 9.71. The van der Waals surface area contributed by atoms with Crippen LogP contribution in [0.15, 0.2) is 22.7 Å². The average Bonchev–Trinajstić information content (AvgIpc) is 2.25. The fraction of sp³-hybridized carbons (Fsp3) is 0.600. The number of rotatable bonds is 6. The van der Waals surface area contributed by atoms with Crippen LogP contribution in [0.2, 0.25) is 0 Å². The van der Waals surface area contributed by atoms with Gasteiger partial charge in [-0.2, -0.15) is 0 Å². The van der Waals surface area contributed by atoms with Gasteiger partial charge in [0.15, 0.2) is 0 Å². The van der Waals surface area contributed by atoms with E-state index in [1.807, 2.05) is 6.07 Å². The maximum absolute atomic E-state index is 5.88. The summed E-state index contributed by atoms with van der Waals surface area (Å²) >= 11 is 3.51. The normalized spacial score (nSPS) is 11.2. The molecule has 1 rings (SSSR count). The van der Waals surface area contributed by atoms with Gasteiger partial charge in [-0.1, -0.05) is 43.6 Å². The minimum Gasteiger partial charge on any atom is -0.493 e. The zero-order valence-corrected chi connectivity index (χ0v) is 12.9. The summed E-state index contributed by atoms with van der Waals surface area (Å²) < 4.78 is 7.00. The summed E-state index contributed by atoms with van der Waals surface area (Å²) in [5.74, 6) is 2.28. The van der Waals surface area contributed by atoms with E-state index in [9.17, 15) is 0 Å². The fourth-order valence-electron chi connectivity index (χ4n) is 1.78. The fourth-order valence-corrected chi connectivity index (χ4v) is 2.15. The molecular formula is C15H23BrO. The van der Waals surface area contributed by atoms with Gasteiger partial charge in [0.05, 0.1) is 6.61 Å². The maximum atomic E-state index is 5.88. The highest BCUT2D eigenvalue weighted by atomic mass is 79.9. The van der Waals surface area contributed by atoms with Crippen molar-refractivity contribution < 1.29 is 4.74 Å². The van der Waals surface area contributed by atoms with E-state index in [1.54, 1.807) is 0 Å². The number of ether oxygens (including phenoxy) is 1. The second-order valence-corrected chi connectivity index (χ2v) is 6.14. The zero-order valence-electron chi connectivity index (χ0n) is 11.3. The number of hydrogen-bond donors (Lipinski definition) is 0. The minimum atomic E-state index is 0.493. The third-order valence-electron chi connectivity index (χ3n) is 2.78. The highest BCUT2D eigenvalue weighted by molar-refractivity contribution is 9.10. The first kappa shape index (κ1) is 14.6. The molecule has 0 aliphatic rings. The molecule has 0 saturated carbocycles. The van der Waals surface area contributed by atoms with E-state index in [0.29, 0.717) is 5.92 Å². The number of hydrogen-bond acceptors (Lipinski definition) is 1. The molecule has 0 saturated heterocycles. The molecule has 0 unspecified atom stereocenters. The van der Waals surface area contributed by atoms with Crippen LogP contribution in [0.4, 0.5) is 0 Å². The first-order valence-corrected chi connectivity index (χ1v) is 7.22. The molecule has 0 aliphatic carbocycles. The lowest BCUT2D eigenvalue weighted by Crippen LogP contribution is -2.02. The smallest absolute Gasteiger partial charge is 0.122 e. The molecule has 2 heteroatoms. The van der Waals surface area contributed by atoms with Gasteiger partial charge in [-0.15, -0.1) is 0 Å². The largest absolute Gasteiger partial charge is 0.493 e. The van der Waals surface area contributed by atoms with Crippen LogP contribution in [-0.2, 0) is 0 Å². The van der Waals surface area contributed by atoms with Gasteiger partial charge < -0.3 is 4.74 Å². The molecular weight excluding hydrogens is 276 g/mol. The predicted molar refractivity (Wildman–Crippen MR) is 77.8 cm³/mol. The monoisotopic (exact) mass is 298 g/mol. The summed E-state index contributed by atoms with van der Waals surface area (Å²) in [7, 11) is 0. The standard InChI is InChI=1S/C15H23BrO/c1-11(2)6-5-9-17-15-8-7-13(16)10-14(15)12(3)4/h7-8,10-12H,5-6,9H2,1-4H3. The Morgan fingerprint density at radius 1 is 1.18 bits per heavy atom. The molecule has 0 radical (unpaired) electrons. The Morgan fingerprint density at radius 2 is 1.88 bits per heavy atom. The van der Waals surface area contributed by atoms with Gasteiger partial charge in [0, 0.05) is 4.47 Å². The third-order valence-corrected chi connectivity index (χ3v) is 3.27. The Kier molecular flexibility index (Phi) is 6.04. The van der Waals surface area contributed by atoms with Gasteiger partial charge >= 0.3 is 0 Å². The van der Waals surface area contributed by atoms with E-state index in [1.165, 1.54) is 12.0 Å².